The number of esters is 1. The first kappa shape index (κ1) is 27.8. The fraction of sp³-hybridized carbons (Fsp3) is 0.194. The van der Waals surface area contributed by atoms with Gasteiger partial charge in [-0.15, -0.1) is 0 Å². The Kier molecular flexibility index (Phi) is 7.72. The minimum atomic E-state index is -0.582. The van der Waals surface area contributed by atoms with Crippen molar-refractivity contribution in [1.29, 1.82) is 0 Å². The lowest BCUT2D eigenvalue weighted by Gasteiger charge is -2.19. The molecule has 10 heteroatoms. The van der Waals surface area contributed by atoms with Crippen molar-refractivity contribution in [2.24, 2.45) is 0 Å². The van der Waals surface area contributed by atoms with Crippen LogP contribution in [0.1, 0.15) is 47.2 Å². The summed E-state index contributed by atoms with van der Waals surface area (Å²) in [6.07, 6.45) is 3.67. The van der Waals surface area contributed by atoms with E-state index in [4.69, 9.17) is 9.47 Å². The van der Waals surface area contributed by atoms with Crippen molar-refractivity contribution in [3.63, 3.8) is 0 Å². The van der Waals surface area contributed by atoms with E-state index in [9.17, 15) is 9.59 Å². The molecule has 2 aromatic carbocycles. The third kappa shape index (κ3) is 6.53. The molecule has 0 aliphatic rings. The number of benzene rings is 2. The maximum Gasteiger partial charge on any atom is 0.338 e. The van der Waals surface area contributed by atoms with E-state index < -0.39 is 11.6 Å². The number of hydrogen-bond donors (Lipinski definition) is 2. The van der Waals surface area contributed by atoms with E-state index in [0.717, 1.165) is 42.0 Å². The lowest BCUT2D eigenvalue weighted by atomic mass is 10.1. The third-order valence-electron chi connectivity index (χ3n) is 6.08. The van der Waals surface area contributed by atoms with Crippen LogP contribution in [0.2, 0.25) is 0 Å². The zero-order chi connectivity index (χ0) is 29.1. The van der Waals surface area contributed by atoms with Gasteiger partial charge in [-0.25, -0.2) is 14.8 Å². The van der Waals surface area contributed by atoms with E-state index in [-0.39, 0.29) is 5.91 Å². The molecule has 0 spiro atoms. The summed E-state index contributed by atoms with van der Waals surface area (Å²) in [5, 5.41) is 7.28. The van der Waals surface area contributed by atoms with Crippen molar-refractivity contribution in [1.82, 2.24) is 14.1 Å². The second-order valence-corrected chi connectivity index (χ2v) is 11.5. The Morgan fingerprint density at radius 1 is 0.976 bits per heavy atom. The van der Waals surface area contributed by atoms with E-state index in [1.54, 1.807) is 43.6 Å². The summed E-state index contributed by atoms with van der Waals surface area (Å²) >= 11 is 0. The number of ether oxygens (including phenoxy) is 2. The number of nitrogens with one attached hydrogen (secondary N) is 2. The second kappa shape index (κ2) is 11.4. The van der Waals surface area contributed by atoms with E-state index in [1.807, 2.05) is 74.5 Å². The summed E-state index contributed by atoms with van der Waals surface area (Å²) in [5.41, 5.74) is 4.18. The standard InChI is InChI=1S/C31H30N5O4P/c1-19-25(39-5)13-14-27(33-19)35-24-18-26(41-36-16-15-32-28(24)36)21-7-6-8-22(17-21)29(37)34-23-11-9-20(10-12-23)30(38)40-31(2,3)4/h6-18H,1-5H3,(H,33,35)(H,34,37). The summed E-state index contributed by atoms with van der Waals surface area (Å²) < 4.78 is 12.8. The molecule has 0 atom stereocenters. The molecule has 0 radical (unpaired) electrons. The number of amides is 1. The fourth-order valence-electron chi connectivity index (χ4n) is 4.17. The molecule has 1 amide bonds. The zero-order valence-electron chi connectivity index (χ0n) is 23.4. The molecular weight excluding hydrogens is 537 g/mol. The molecule has 5 rings (SSSR count). The number of carbonyl (C=O) groups excluding carboxylic acids is 2. The van der Waals surface area contributed by atoms with Gasteiger partial charge in [-0.05, 0) is 87.9 Å². The monoisotopic (exact) mass is 567 g/mol. The molecule has 41 heavy (non-hydrogen) atoms. The van der Waals surface area contributed by atoms with Crippen molar-refractivity contribution in [2.75, 3.05) is 17.7 Å². The molecule has 0 bridgehead atoms. The van der Waals surface area contributed by atoms with Gasteiger partial charge in [0.2, 0.25) is 0 Å². The van der Waals surface area contributed by atoms with Crippen LogP contribution in [-0.4, -0.2) is 38.7 Å². The first-order valence-electron chi connectivity index (χ1n) is 13.0. The van der Waals surface area contributed by atoms with Gasteiger partial charge in [-0.2, -0.15) is 0 Å². The van der Waals surface area contributed by atoms with Gasteiger partial charge in [-0.3, -0.25) is 8.96 Å². The smallest absolute Gasteiger partial charge is 0.338 e. The maximum absolute atomic E-state index is 13.1. The average molecular weight is 568 g/mol. The highest BCUT2D eigenvalue weighted by atomic mass is 31.0. The van der Waals surface area contributed by atoms with Gasteiger partial charge in [-0.1, -0.05) is 12.1 Å². The van der Waals surface area contributed by atoms with Crippen molar-refractivity contribution in [3.8, 4) is 16.6 Å². The molecule has 2 N–H and O–H groups in total. The number of rotatable bonds is 7. The molecule has 0 saturated carbocycles. The van der Waals surface area contributed by atoms with Crippen LogP contribution in [0, 0.1) is 6.92 Å². The number of anilines is 3. The predicted molar refractivity (Wildman–Crippen MR) is 162 cm³/mol. The predicted octanol–water partition coefficient (Wildman–Crippen LogP) is 7.24. The van der Waals surface area contributed by atoms with Gasteiger partial charge in [0.15, 0.2) is 5.65 Å². The Bertz CT molecular complexity index is 1740. The minimum absolute atomic E-state index is 0.256. The Morgan fingerprint density at radius 2 is 1.76 bits per heavy atom. The van der Waals surface area contributed by atoms with Gasteiger partial charge < -0.3 is 20.1 Å². The summed E-state index contributed by atoms with van der Waals surface area (Å²) in [7, 11) is 2.53. The van der Waals surface area contributed by atoms with Crippen LogP contribution in [-0.2, 0) is 4.74 Å². The first-order chi connectivity index (χ1) is 19.6. The molecule has 0 aliphatic carbocycles. The molecule has 0 fully saturated rings. The Morgan fingerprint density at radius 3 is 2.46 bits per heavy atom. The molecule has 3 heterocycles. The highest BCUT2D eigenvalue weighted by molar-refractivity contribution is 7.30. The molecular formula is C31H30N5O4P. The van der Waals surface area contributed by atoms with Gasteiger partial charge in [0.05, 0.1) is 24.1 Å². The average Bonchev–Trinajstić information content (AvgIpc) is 3.42. The maximum atomic E-state index is 13.1. The van der Waals surface area contributed by atoms with Gasteiger partial charge >= 0.3 is 5.97 Å². The number of nitrogens with zero attached hydrogens (tertiary/aromatic N) is 3. The minimum Gasteiger partial charge on any atom is -0.495 e. The van der Waals surface area contributed by atoms with Gasteiger partial charge in [0.1, 0.15) is 17.2 Å². The number of imidazole rings is 1. The SMILES string of the molecule is COc1ccc(Nc2cc(-c3cccc(C(=O)Nc4ccc(C(=O)OC(C)(C)C)cc4)c3)pn3ccnc23)nc1C. The van der Waals surface area contributed by atoms with Crippen LogP contribution < -0.4 is 15.4 Å². The van der Waals surface area contributed by atoms with E-state index in [0.29, 0.717) is 22.6 Å². The quantitative estimate of drug-likeness (QED) is 0.200. The van der Waals surface area contributed by atoms with E-state index >= 15 is 0 Å². The highest BCUT2D eigenvalue weighted by Gasteiger charge is 2.18. The summed E-state index contributed by atoms with van der Waals surface area (Å²) in [6, 6.07) is 19.9. The number of aromatic nitrogens is 3. The zero-order valence-corrected chi connectivity index (χ0v) is 24.3. The number of aryl methyl sites for hydroxylation is 1. The number of methoxy groups -OCH3 is 1. The highest BCUT2D eigenvalue weighted by Crippen LogP contribution is 2.35. The molecule has 3 aromatic heterocycles. The normalized spacial score (nSPS) is 11.4. The number of pyridine rings is 1. The van der Waals surface area contributed by atoms with Crippen LogP contribution in [0.15, 0.2) is 79.1 Å². The molecule has 0 aliphatic heterocycles. The van der Waals surface area contributed by atoms with Crippen LogP contribution in [0.4, 0.5) is 17.2 Å². The Hall–Kier alpha value is -4.75. The second-order valence-electron chi connectivity index (χ2n) is 10.4. The fourth-order valence-corrected chi connectivity index (χ4v) is 5.22. The molecule has 208 valence electrons. The number of hydrogen-bond acceptors (Lipinski definition) is 7. The third-order valence-corrected chi connectivity index (χ3v) is 7.22. The van der Waals surface area contributed by atoms with Crippen molar-refractivity contribution < 1.29 is 19.1 Å². The molecule has 9 nitrogen and oxygen atoms in total. The molecule has 0 unspecified atom stereocenters. The van der Waals surface area contributed by atoms with Gasteiger partial charge in [0, 0.05) is 37.3 Å². The van der Waals surface area contributed by atoms with Crippen molar-refractivity contribution in [3.05, 3.63) is 95.9 Å². The Balaban J connectivity index is 1.37. The van der Waals surface area contributed by atoms with E-state index in [2.05, 4.69) is 20.6 Å². The van der Waals surface area contributed by atoms with Crippen molar-refractivity contribution in [2.45, 2.75) is 33.3 Å². The molecule has 0 saturated heterocycles. The summed E-state index contributed by atoms with van der Waals surface area (Å²) in [4.78, 5) is 34.5. The number of fused-ring (bicyclic) bond motifs is 1. The summed E-state index contributed by atoms with van der Waals surface area (Å²) in [6.45, 7) is 7.35. The van der Waals surface area contributed by atoms with Crippen LogP contribution in [0.3, 0.4) is 0 Å². The molecule has 5 aromatic rings. The number of carbonyl (C=O) groups is 2. The first-order valence-corrected chi connectivity index (χ1v) is 13.8. The lowest BCUT2D eigenvalue weighted by molar-refractivity contribution is 0.00694. The topological polar surface area (TPSA) is 107 Å². The largest absolute Gasteiger partial charge is 0.495 e. The van der Waals surface area contributed by atoms with Crippen LogP contribution in [0.5, 0.6) is 5.75 Å². The van der Waals surface area contributed by atoms with Crippen LogP contribution in [0.25, 0.3) is 16.5 Å². The van der Waals surface area contributed by atoms with Gasteiger partial charge in [0.25, 0.3) is 5.91 Å². The van der Waals surface area contributed by atoms with Crippen molar-refractivity contribution >= 4 is 43.1 Å². The van der Waals surface area contributed by atoms with E-state index in [1.165, 1.54) is 0 Å². The van der Waals surface area contributed by atoms with Crippen LogP contribution >= 0.6 is 8.35 Å². The lowest BCUT2D eigenvalue weighted by Crippen LogP contribution is -2.23. The Labute approximate surface area is 239 Å². The summed E-state index contributed by atoms with van der Waals surface area (Å²) in [5.74, 6) is 0.725.